The third-order valence-corrected chi connectivity index (χ3v) is 5.17. The summed E-state index contributed by atoms with van der Waals surface area (Å²) >= 11 is 0. The molecule has 0 atom stereocenters. The molecule has 1 aliphatic heterocycles. The highest BCUT2D eigenvalue weighted by molar-refractivity contribution is 6.03. The maximum absolute atomic E-state index is 13.6. The normalized spacial score (nSPS) is 12.5. The first-order valence-corrected chi connectivity index (χ1v) is 9.64. The highest BCUT2D eigenvalue weighted by atomic mass is 19.1. The number of carbonyl (C=O) groups excluding carboxylic acids is 1. The molecule has 156 valence electrons. The second-order valence-corrected chi connectivity index (χ2v) is 7.37. The number of aryl methyl sites for hydroxylation is 1. The van der Waals surface area contributed by atoms with Crippen molar-refractivity contribution in [2.45, 2.75) is 19.9 Å². The third-order valence-electron chi connectivity index (χ3n) is 5.17. The number of ether oxygens (including phenoxy) is 1. The van der Waals surface area contributed by atoms with Gasteiger partial charge < -0.3 is 15.0 Å². The zero-order valence-corrected chi connectivity index (χ0v) is 17.4. The van der Waals surface area contributed by atoms with E-state index in [1.54, 1.807) is 49.2 Å². The molecule has 0 aliphatic carbocycles. The van der Waals surface area contributed by atoms with Crippen LogP contribution < -0.4 is 10.1 Å². The molecule has 3 aromatic rings. The summed E-state index contributed by atoms with van der Waals surface area (Å²) in [6, 6.07) is 10.8. The lowest BCUT2D eigenvalue weighted by Gasteiger charge is -2.15. The monoisotopic (exact) mass is 417 g/mol. The van der Waals surface area contributed by atoms with Crippen molar-refractivity contribution in [3.05, 3.63) is 76.1 Å². The second kappa shape index (κ2) is 8.03. The standard InChI is InChI=1S/C23H20FN5O2/c1-13-7-15(26-11-17(13)24)8-16-9-19(21-20(27-16)12-29(2)23(21)30)28-18-6-4-5-14(10-25)22(18)31-3/h4-7,9,11H,8,12H2,1-3H3,(H,27,28). The Kier molecular flexibility index (Phi) is 5.26. The fraction of sp³-hybridized carbons (Fsp3) is 0.217. The van der Waals surface area contributed by atoms with Crippen LogP contribution >= 0.6 is 0 Å². The van der Waals surface area contributed by atoms with E-state index in [2.05, 4.69) is 21.4 Å². The molecule has 0 fully saturated rings. The first-order chi connectivity index (χ1) is 14.9. The van der Waals surface area contributed by atoms with Gasteiger partial charge >= 0.3 is 0 Å². The van der Waals surface area contributed by atoms with Crippen molar-refractivity contribution in [3.63, 3.8) is 0 Å². The zero-order valence-electron chi connectivity index (χ0n) is 17.4. The number of anilines is 2. The van der Waals surface area contributed by atoms with Crippen molar-refractivity contribution in [1.29, 1.82) is 5.26 Å². The van der Waals surface area contributed by atoms with Crippen LogP contribution in [0.1, 0.15) is 38.6 Å². The number of carbonyl (C=O) groups is 1. The molecule has 0 unspecified atom stereocenters. The summed E-state index contributed by atoms with van der Waals surface area (Å²) in [6.07, 6.45) is 1.59. The number of para-hydroxylation sites is 1. The Hall–Kier alpha value is -3.99. The number of nitrogens with zero attached hydrogens (tertiary/aromatic N) is 4. The molecule has 31 heavy (non-hydrogen) atoms. The average molecular weight is 417 g/mol. The predicted molar refractivity (Wildman–Crippen MR) is 113 cm³/mol. The first kappa shape index (κ1) is 20.3. The van der Waals surface area contributed by atoms with E-state index in [1.165, 1.54) is 13.3 Å². The Morgan fingerprint density at radius 2 is 2.10 bits per heavy atom. The highest BCUT2D eigenvalue weighted by Gasteiger charge is 2.30. The van der Waals surface area contributed by atoms with Gasteiger partial charge in [-0.25, -0.2) is 4.39 Å². The van der Waals surface area contributed by atoms with Gasteiger partial charge in [-0.15, -0.1) is 0 Å². The summed E-state index contributed by atoms with van der Waals surface area (Å²) in [6.45, 7) is 2.08. The molecule has 1 aliphatic rings. The van der Waals surface area contributed by atoms with Gasteiger partial charge in [-0.1, -0.05) is 6.07 Å². The molecule has 8 heteroatoms. The number of rotatable bonds is 5. The summed E-state index contributed by atoms with van der Waals surface area (Å²) in [5, 5.41) is 12.6. The number of methoxy groups -OCH3 is 1. The van der Waals surface area contributed by atoms with E-state index in [1.807, 2.05) is 0 Å². The van der Waals surface area contributed by atoms with Crippen molar-refractivity contribution in [2.75, 3.05) is 19.5 Å². The molecule has 4 rings (SSSR count). The summed E-state index contributed by atoms with van der Waals surface area (Å²) < 4.78 is 19.0. The third kappa shape index (κ3) is 3.78. The molecule has 7 nitrogen and oxygen atoms in total. The number of halogens is 1. The summed E-state index contributed by atoms with van der Waals surface area (Å²) in [7, 11) is 3.21. The molecule has 1 amide bonds. The SMILES string of the molecule is COc1c(C#N)cccc1Nc1cc(Cc2cc(C)c(F)cn2)nc2c1C(=O)N(C)C2. The van der Waals surface area contributed by atoms with Gasteiger partial charge in [0.2, 0.25) is 0 Å². The maximum Gasteiger partial charge on any atom is 0.257 e. The van der Waals surface area contributed by atoms with Gasteiger partial charge in [-0.3, -0.25) is 14.8 Å². The number of hydrogen-bond donors (Lipinski definition) is 1. The minimum atomic E-state index is -0.357. The van der Waals surface area contributed by atoms with Crippen LogP contribution in [0.3, 0.4) is 0 Å². The topological polar surface area (TPSA) is 91.1 Å². The van der Waals surface area contributed by atoms with E-state index < -0.39 is 0 Å². The van der Waals surface area contributed by atoms with Crippen LogP contribution in [0.25, 0.3) is 0 Å². The largest absolute Gasteiger partial charge is 0.493 e. The molecule has 1 N–H and O–H groups in total. The van der Waals surface area contributed by atoms with E-state index in [4.69, 9.17) is 4.74 Å². The highest BCUT2D eigenvalue weighted by Crippen LogP contribution is 2.35. The summed E-state index contributed by atoms with van der Waals surface area (Å²) in [4.78, 5) is 23.2. The Morgan fingerprint density at radius 3 is 2.81 bits per heavy atom. The number of benzene rings is 1. The minimum absolute atomic E-state index is 0.136. The van der Waals surface area contributed by atoms with Gasteiger partial charge in [0.25, 0.3) is 5.91 Å². The molecule has 0 spiro atoms. The number of fused-ring (bicyclic) bond motifs is 1. The van der Waals surface area contributed by atoms with E-state index in [0.717, 1.165) is 0 Å². The van der Waals surface area contributed by atoms with E-state index in [-0.39, 0.29) is 11.7 Å². The molecule has 0 bridgehead atoms. The molecular formula is C23H20FN5O2. The summed E-state index contributed by atoms with van der Waals surface area (Å²) in [5.74, 6) is -0.0980. The second-order valence-electron chi connectivity index (χ2n) is 7.37. The van der Waals surface area contributed by atoms with Crippen LogP contribution in [0.4, 0.5) is 15.8 Å². The Balaban J connectivity index is 1.78. The van der Waals surface area contributed by atoms with Gasteiger partial charge in [0.05, 0.1) is 48.0 Å². The van der Waals surface area contributed by atoms with Gasteiger partial charge in [0, 0.05) is 24.9 Å². The van der Waals surface area contributed by atoms with E-state index >= 15 is 0 Å². The van der Waals surface area contributed by atoms with Gasteiger partial charge in [-0.2, -0.15) is 5.26 Å². The van der Waals surface area contributed by atoms with Crippen LogP contribution in [0, 0.1) is 24.1 Å². The van der Waals surface area contributed by atoms with E-state index in [0.29, 0.717) is 63.9 Å². The number of pyridine rings is 2. The van der Waals surface area contributed by atoms with Gasteiger partial charge in [-0.05, 0) is 36.8 Å². The van der Waals surface area contributed by atoms with Crippen LogP contribution in [-0.4, -0.2) is 34.9 Å². The molecular weight excluding hydrogens is 397 g/mol. The lowest BCUT2D eigenvalue weighted by molar-refractivity contribution is 0.0817. The van der Waals surface area contributed by atoms with Crippen LogP contribution in [-0.2, 0) is 13.0 Å². The van der Waals surface area contributed by atoms with Gasteiger partial charge in [0.15, 0.2) is 5.75 Å². The van der Waals surface area contributed by atoms with Crippen LogP contribution in [0.2, 0.25) is 0 Å². The number of amides is 1. The minimum Gasteiger partial charge on any atom is -0.493 e. The predicted octanol–water partition coefficient (Wildman–Crippen LogP) is 3.72. The van der Waals surface area contributed by atoms with Crippen molar-refractivity contribution < 1.29 is 13.9 Å². The Labute approximate surface area is 179 Å². The number of nitrogens with one attached hydrogen (secondary N) is 1. The zero-order chi connectivity index (χ0) is 22.1. The van der Waals surface area contributed by atoms with Gasteiger partial charge in [0.1, 0.15) is 11.9 Å². The lowest BCUT2D eigenvalue weighted by Crippen LogP contribution is -2.18. The van der Waals surface area contributed by atoms with Crippen molar-refractivity contribution in [2.24, 2.45) is 0 Å². The van der Waals surface area contributed by atoms with Crippen molar-refractivity contribution in [1.82, 2.24) is 14.9 Å². The number of nitriles is 1. The first-order valence-electron chi connectivity index (χ1n) is 9.64. The van der Waals surface area contributed by atoms with Crippen molar-refractivity contribution >= 4 is 17.3 Å². The molecule has 0 saturated carbocycles. The molecule has 2 aromatic heterocycles. The fourth-order valence-corrected chi connectivity index (χ4v) is 3.65. The van der Waals surface area contributed by atoms with Crippen LogP contribution in [0.5, 0.6) is 5.75 Å². The smallest absolute Gasteiger partial charge is 0.257 e. The Morgan fingerprint density at radius 1 is 1.29 bits per heavy atom. The van der Waals surface area contributed by atoms with E-state index in [9.17, 15) is 14.4 Å². The summed E-state index contributed by atoms with van der Waals surface area (Å²) in [5.41, 5.74) is 4.55. The number of hydrogen-bond acceptors (Lipinski definition) is 6. The maximum atomic E-state index is 13.6. The average Bonchev–Trinajstić information content (AvgIpc) is 3.04. The lowest BCUT2D eigenvalue weighted by atomic mass is 10.1. The van der Waals surface area contributed by atoms with Crippen LogP contribution in [0.15, 0.2) is 36.5 Å². The molecule has 0 saturated heterocycles. The fourth-order valence-electron chi connectivity index (χ4n) is 3.65. The number of aromatic nitrogens is 2. The molecule has 0 radical (unpaired) electrons. The Bertz CT molecular complexity index is 1240. The molecule has 1 aromatic carbocycles. The quantitative estimate of drug-likeness (QED) is 0.680. The molecule has 3 heterocycles. The van der Waals surface area contributed by atoms with Crippen molar-refractivity contribution in [3.8, 4) is 11.8 Å².